The Hall–Kier alpha value is -2.10. The molecule has 0 spiro atoms. The van der Waals surface area contributed by atoms with E-state index in [1.807, 2.05) is 30.3 Å². The third-order valence-electron chi connectivity index (χ3n) is 2.32. The van der Waals surface area contributed by atoms with Gasteiger partial charge in [0.1, 0.15) is 12.7 Å². The van der Waals surface area contributed by atoms with Crippen LogP contribution in [0.1, 0.15) is 12.0 Å². The third kappa shape index (κ3) is 3.45. The lowest BCUT2D eigenvalue weighted by Gasteiger charge is -2.24. The molecule has 4 nitrogen and oxygen atoms in total. The second-order valence-electron chi connectivity index (χ2n) is 3.69. The highest BCUT2D eigenvalue weighted by Gasteiger charge is 2.29. The van der Waals surface area contributed by atoms with Crippen molar-refractivity contribution in [2.24, 2.45) is 0 Å². The molecule has 1 fully saturated rings. The molecule has 1 aliphatic rings. The molecular formula is C13H12O4. The molecule has 1 unspecified atom stereocenters. The molecule has 1 heterocycles. The second kappa shape index (κ2) is 5.30. The first-order valence-corrected chi connectivity index (χ1v) is 5.33. The van der Waals surface area contributed by atoms with E-state index in [0.29, 0.717) is 6.42 Å². The molecule has 4 heteroatoms. The molecule has 0 aliphatic carbocycles. The van der Waals surface area contributed by atoms with Gasteiger partial charge in [-0.1, -0.05) is 30.3 Å². The molecule has 0 radical (unpaired) electrons. The molecule has 1 atom stereocenters. The Morgan fingerprint density at radius 2 is 2.12 bits per heavy atom. The van der Waals surface area contributed by atoms with Gasteiger partial charge in [0.15, 0.2) is 0 Å². The van der Waals surface area contributed by atoms with Crippen molar-refractivity contribution in [1.82, 2.24) is 0 Å². The van der Waals surface area contributed by atoms with E-state index >= 15 is 0 Å². The topological polar surface area (TPSA) is 52.6 Å². The minimum atomic E-state index is -0.434. The summed E-state index contributed by atoms with van der Waals surface area (Å²) in [5.41, 5.74) is 0.930. The van der Waals surface area contributed by atoms with Crippen molar-refractivity contribution in [2.75, 3.05) is 6.61 Å². The Morgan fingerprint density at radius 3 is 2.76 bits per heavy atom. The molecule has 1 aromatic rings. The van der Waals surface area contributed by atoms with Gasteiger partial charge in [-0.15, -0.1) is 0 Å². The molecule has 0 aromatic heterocycles. The Labute approximate surface area is 98.8 Å². The third-order valence-corrected chi connectivity index (χ3v) is 2.32. The van der Waals surface area contributed by atoms with Crippen LogP contribution in [0.5, 0.6) is 0 Å². The summed E-state index contributed by atoms with van der Waals surface area (Å²) in [5.74, 6) is -0.678. The first-order valence-electron chi connectivity index (χ1n) is 5.33. The summed E-state index contributed by atoms with van der Waals surface area (Å²) in [6, 6.07) is 9.45. The largest absolute Gasteiger partial charge is 0.459 e. The number of benzene rings is 1. The van der Waals surface area contributed by atoms with Crippen LogP contribution in [0.25, 0.3) is 6.08 Å². The van der Waals surface area contributed by atoms with Crippen molar-refractivity contribution in [2.45, 2.75) is 12.5 Å². The van der Waals surface area contributed by atoms with Gasteiger partial charge in [-0.05, 0) is 11.6 Å². The van der Waals surface area contributed by atoms with E-state index in [0.717, 1.165) is 5.56 Å². The van der Waals surface area contributed by atoms with Crippen LogP contribution in [-0.2, 0) is 19.1 Å². The molecule has 0 saturated carbocycles. The average Bonchev–Trinajstić information content (AvgIpc) is 2.32. The number of ether oxygens (including phenoxy) is 2. The van der Waals surface area contributed by atoms with Crippen molar-refractivity contribution in [1.29, 1.82) is 0 Å². The number of carbonyl (C=O) groups is 2. The second-order valence-corrected chi connectivity index (χ2v) is 3.69. The van der Waals surface area contributed by atoms with Crippen LogP contribution in [0.3, 0.4) is 0 Å². The maximum Gasteiger partial charge on any atom is 0.330 e. The average molecular weight is 232 g/mol. The van der Waals surface area contributed by atoms with Crippen LogP contribution in [0.2, 0.25) is 0 Å². The van der Waals surface area contributed by atoms with Crippen molar-refractivity contribution < 1.29 is 19.1 Å². The van der Waals surface area contributed by atoms with E-state index in [4.69, 9.17) is 9.47 Å². The van der Waals surface area contributed by atoms with E-state index in [-0.39, 0.29) is 18.7 Å². The van der Waals surface area contributed by atoms with Gasteiger partial charge in [0.25, 0.3) is 0 Å². The highest BCUT2D eigenvalue weighted by atomic mass is 16.6. The van der Waals surface area contributed by atoms with E-state index in [9.17, 15) is 9.59 Å². The van der Waals surface area contributed by atoms with Crippen molar-refractivity contribution in [3.05, 3.63) is 42.0 Å². The smallest absolute Gasteiger partial charge is 0.330 e. The minimum Gasteiger partial charge on any atom is -0.459 e. The van der Waals surface area contributed by atoms with Gasteiger partial charge in [0, 0.05) is 6.08 Å². The number of hydrogen-bond donors (Lipinski definition) is 0. The summed E-state index contributed by atoms with van der Waals surface area (Å²) in [7, 11) is 0. The van der Waals surface area contributed by atoms with Crippen molar-refractivity contribution >= 4 is 18.0 Å². The van der Waals surface area contributed by atoms with Gasteiger partial charge < -0.3 is 9.47 Å². The lowest BCUT2D eigenvalue weighted by Crippen LogP contribution is -2.36. The van der Waals surface area contributed by atoms with Crippen molar-refractivity contribution in [3.63, 3.8) is 0 Å². The Bertz CT molecular complexity index is 428. The summed E-state index contributed by atoms with van der Waals surface area (Å²) in [5, 5.41) is 0. The van der Waals surface area contributed by atoms with Crippen LogP contribution >= 0.6 is 0 Å². The van der Waals surface area contributed by atoms with Gasteiger partial charge in [-0.2, -0.15) is 0 Å². The molecular weight excluding hydrogens is 220 g/mol. The first kappa shape index (κ1) is 11.4. The number of esters is 2. The minimum absolute atomic E-state index is 0.129. The molecule has 0 N–H and O–H groups in total. The van der Waals surface area contributed by atoms with E-state index in [1.54, 1.807) is 6.08 Å². The maximum absolute atomic E-state index is 11.3. The summed E-state index contributed by atoms with van der Waals surface area (Å²) in [6.45, 7) is 0.129. The van der Waals surface area contributed by atoms with Crippen LogP contribution in [0, 0.1) is 0 Å². The summed E-state index contributed by atoms with van der Waals surface area (Å²) >= 11 is 0. The predicted molar refractivity (Wildman–Crippen MR) is 60.9 cm³/mol. The molecule has 0 amide bonds. The highest BCUT2D eigenvalue weighted by molar-refractivity contribution is 5.87. The van der Waals surface area contributed by atoms with E-state index < -0.39 is 5.97 Å². The Kier molecular flexibility index (Phi) is 3.55. The van der Waals surface area contributed by atoms with Gasteiger partial charge in [0.05, 0.1) is 6.42 Å². The van der Waals surface area contributed by atoms with Gasteiger partial charge in [-0.25, -0.2) is 4.79 Å². The normalized spacial score (nSPS) is 18.6. The molecule has 0 bridgehead atoms. The molecule has 1 saturated heterocycles. The first-order chi connectivity index (χ1) is 8.24. The van der Waals surface area contributed by atoms with E-state index in [2.05, 4.69) is 0 Å². The lowest BCUT2D eigenvalue weighted by atomic mass is 10.2. The summed E-state index contributed by atoms with van der Waals surface area (Å²) in [6.07, 6.45) is 3.09. The van der Waals surface area contributed by atoms with Gasteiger partial charge in [0.2, 0.25) is 0 Å². The number of hydrogen-bond acceptors (Lipinski definition) is 4. The van der Waals surface area contributed by atoms with Crippen LogP contribution in [0.4, 0.5) is 0 Å². The highest BCUT2D eigenvalue weighted by Crippen LogP contribution is 2.13. The Balaban J connectivity index is 1.74. The monoisotopic (exact) mass is 232 g/mol. The van der Waals surface area contributed by atoms with Crippen LogP contribution in [0.15, 0.2) is 36.4 Å². The predicted octanol–water partition coefficient (Wildman–Crippen LogP) is 1.56. The zero-order chi connectivity index (χ0) is 12.1. The standard InChI is InChI=1S/C13H12O4/c14-12(16-9-11-8-13(15)17-11)7-6-10-4-2-1-3-5-10/h1-7,11H,8-9H2/b7-6+. The fraction of sp³-hybridized carbons (Fsp3) is 0.231. The molecule has 88 valence electrons. The number of cyclic esters (lactones) is 1. The lowest BCUT2D eigenvalue weighted by molar-refractivity contribution is -0.177. The number of carbonyl (C=O) groups excluding carboxylic acids is 2. The summed E-state index contributed by atoms with van der Waals surface area (Å²) in [4.78, 5) is 21.8. The fourth-order valence-corrected chi connectivity index (χ4v) is 1.41. The fourth-order valence-electron chi connectivity index (χ4n) is 1.41. The number of rotatable bonds is 4. The van der Waals surface area contributed by atoms with Crippen molar-refractivity contribution in [3.8, 4) is 0 Å². The quantitative estimate of drug-likeness (QED) is 0.584. The SMILES string of the molecule is O=C(/C=C/c1ccccc1)OCC1CC(=O)O1. The molecule has 2 rings (SSSR count). The van der Waals surface area contributed by atoms with Gasteiger partial charge in [-0.3, -0.25) is 4.79 Å². The van der Waals surface area contributed by atoms with Gasteiger partial charge >= 0.3 is 11.9 Å². The molecule has 1 aromatic carbocycles. The summed E-state index contributed by atoms with van der Waals surface area (Å²) < 4.78 is 9.63. The zero-order valence-corrected chi connectivity index (χ0v) is 9.17. The molecule has 17 heavy (non-hydrogen) atoms. The van der Waals surface area contributed by atoms with Crippen LogP contribution in [-0.4, -0.2) is 24.6 Å². The Morgan fingerprint density at radius 1 is 1.41 bits per heavy atom. The maximum atomic E-state index is 11.3. The molecule has 1 aliphatic heterocycles. The van der Waals surface area contributed by atoms with E-state index in [1.165, 1.54) is 6.08 Å². The zero-order valence-electron chi connectivity index (χ0n) is 9.17. The van der Waals surface area contributed by atoms with Crippen LogP contribution < -0.4 is 0 Å².